The Labute approximate surface area is 330 Å². The number of thiophene rings is 1. The molecule has 6 aromatic rings. The average molecular weight is 822 g/mol. The monoisotopic (exact) mass is 820 g/mol. The lowest BCUT2D eigenvalue weighted by molar-refractivity contribution is -0.131. The molecule has 0 spiro atoms. The van der Waals surface area contributed by atoms with Crippen molar-refractivity contribution in [1.29, 1.82) is 0 Å². The Bertz CT molecular complexity index is 2460. The minimum absolute atomic E-state index is 0.0897. The van der Waals surface area contributed by atoms with Gasteiger partial charge >= 0.3 is 0 Å². The van der Waals surface area contributed by atoms with Crippen LogP contribution in [-0.4, -0.2) is 60.3 Å². The van der Waals surface area contributed by atoms with Gasteiger partial charge in [0.2, 0.25) is 5.91 Å². The van der Waals surface area contributed by atoms with Crippen molar-refractivity contribution in [3.8, 4) is 0 Å². The fourth-order valence-corrected chi connectivity index (χ4v) is 8.28. The molecule has 0 bridgehead atoms. The van der Waals surface area contributed by atoms with Crippen LogP contribution in [0.4, 0.5) is 23.1 Å². The maximum absolute atomic E-state index is 13.5. The largest absolute Gasteiger partial charge is 0.439 e. The highest BCUT2D eigenvalue weighted by molar-refractivity contribution is 9.10. The van der Waals surface area contributed by atoms with E-state index in [4.69, 9.17) is 4.42 Å². The number of carbonyl (C=O) groups is 3. The summed E-state index contributed by atoms with van der Waals surface area (Å²) in [6.45, 7) is 6.59. The van der Waals surface area contributed by atoms with Crippen molar-refractivity contribution in [1.82, 2.24) is 15.2 Å². The van der Waals surface area contributed by atoms with Crippen LogP contribution in [0.3, 0.4) is 0 Å². The lowest BCUT2D eigenvalue weighted by Gasteiger charge is -2.35. The number of aromatic nitrogens is 1. The zero-order valence-electron chi connectivity index (χ0n) is 30.6. The molecule has 0 saturated carbocycles. The third-order valence-electron chi connectivity index (χ3n) is 9.73. The number of hydrogen-bond acceptors (Lipinski definition) is 9. The minimum Gasteiger partial charge on any atom is -0.439 e. The maximum atomic E-state index is 13.5. The van der Waals surface area contributed by atoms with Crippen molar-refractivity contribution in [3.63, 3.8) is 0 Å². The summed E-state index contributed by atoms with van der Waals surface area (Å²) in [6.07, 6.45) is 4.11. The second-order valence-electron chi connectivity index (χ2n) is 13.7. The molecule has 4 heterocycles. The van der Waals surface area contributed by atoms with Gasteiger partial charge in [-0.3, -0.25) is 19.2 Å². The molecule has 3 aromatic heterocycles. The first-order chi connectivity index (χ1) is 26.6. The van der Waals surface area contributed by atoms with Gasteiger partial charge in [-0.25, -0.2) is 4.98 Å². The average Bonchev–Trinajstić information content (AvgIpc) is 3.62. The van der Waals surface area contributed by atoms with Crippen LogP contribution in [-0.2, 0) is 4.79 Å². The highest BCUT2D eigenvalue weighted by atomic mass is 79.9. The van der Waals surface area contributed by atoms with Gasteiger partial charge in [-0.15, -0.1) is 11.3 Å². The maximum Gasteiger partial charge on any atom is 0.257 e. The smallest absolute Gasteiger partial charge is 0.257 e. The molecule has 1 aliphatic heterocycles. The van der Waals surface area contributed by atoms with E-state index in [0.717, 1.165) is 37.8 Å². The zero-order valence-corrected chi connectivity index (χ0v) is 33.0. The quantitative estimate of drug-likeness (QED) is 0.105. The number of aryl methyl sites for hydroxylation is 2. The van der Waals surface area contributed by atoms with E-state index in [1.165, 1.54) is 23.6 Å². The van der Waals surface area contributed by atoms with Crippen molar-refractivity contribution in [3.05, 3.63) is 121 Å². The first-order valence-electron chi connectivity index (χ1n) is 18.3. The Hall–Kier alpha value is -5.53. The summed E-state index contributed by atoms with van der Waals surface area (Å²) in [6, 6.07) is 22.4. The summed E-state index contributed by atoms with van der Waals surface area (Å²) in [5, 5.41) is 12.5. The van der Waals surface area contributed by atoms with Crippen LogP contribution >= 0.6 is 27.3 Å². The molecule has 7 rings (SSSR count). The van der Waals surface area contributed by atoms with E-state index in [1.54, 1.807) is 6.07 Å². The molecular formula is C42H41BrN6O5S. The molecule has 0 aliphatic carbocycles. The number of amides is 3. The molecule has 3 N–H and O–H groups in total. The number of nitrogens with zero attached hydrogens (tertiary/aromatic N) is 3. The Balaban J connectivity index is 0.895. The second kappa shape index (κ2) is 16.9. The number of rotatable bonds is 12. The fraction of sp³-hybridized carbons (Fsp3) is 0.262. The van der Waals surface area contributed by atoms with Crippen molar-refractivity contribution >= 4 is 89.1 Å². The number of hydrogen-bond donors (Lipinski definition) is 3. The first kappa shape index (κ1) is 37.8. The van der Waals surface area contributed by atoms with Gasteiger partial charge in [0.05, 0.1) is 26.7 Å². The van der Waals surface area contributed by atoms with Crippen molar-refractivity contribution in [2.24, 2.45) is 0 Å². The number of carbonyl (C=O) groups excluding carboxylic acids is 3. The first-order valence-corrected chi connectivity index (χ1v) is 20.0. The Morgan fingerprint density at radius 3 is 2.47 bits per heavy atom. The molecule has 0 unspecified atom stereocenters. The van der Waals surface area contributed by atoms with Gasteiger partial charge in [-0.2, -0.15) is 0 Å². The summed E-state index contributed by atoms with van der Waals surface area (Å²) in [7, 11) is 0. The van der Waals surface area contributed by atoms with Crippen molar-refractivity contribution in [2.45, 2.75) is 39.5 Å². The lowest BCUT2D eigenvalue weighted by atomic mass is 10.1. The fourth-order valence-electron chi connectivity index (χ4n) is 6.68. The number of pyridine rings is 1. The number of benzene rings is 3. The van der Waals surface area contributed by atoms with Crippen molar-refractivity contribution in [2.75, 3.05) is 48.3 Å². The van der Waals surface area contributed by atoms with Gasteiger partial charge in [-0.05, 0) is 84.1 Å². The van der Waals surface area contributed by atoms with Gasteiger partial charge < -0.3 is 30.2 Å². The number of unbranched alkanes of at least 4 members (excludes halogenated alkanes) is 2. The molecular weight excluding hydrogens is 780 g/mol. The predicted octanol–water partition coefficient (Wildman–Crippen LogP) is 8.42. The predicted molar refractivity (Wildman–Crippen MR) is 223 cm³/mol. The van der Waals surface area contributed by atoms with Crippen LogP contribution in [0.2, 0.25) is 0 Å². The van der Waals surface area contributed by atoms with Crippen LogP contribution in [0.5, 0.6) is 0 Å². The number of piperazine rings is 1. The summed E-state index contributed by atoms with van der Waals surface area (Å²) < 4.78 is 7.87. The Morgan fingerprint density at radius 2 is 1.65 bits per heavy atom. The SMILES string of the molecule is Cc1cc(Br)c2oc(N3CCN(C(=O)CCCCCNC(=O)c4cnc(Nc5ccccc5C)c(NC(=O)c5csc6ccccc56)c4)CC3)cc(=O)c2c1. The summed E-state index contributed by atoms with van der Waals surface area (Å²) in [5.41, 5.74) is 4.52. The van der Waals surface area contributed by atoms with E-state index in [-0.39, 0.29) is 23.2 Å². The number of anilines is 4. The normalized spacial score (nSPS) is 12.9. The highest BCUT2D eigenvalue weighted by Gasteiger charge is 2.23. The molecule has 1 fully saturated rings. The number of nitrogens with one attached hydrogen (secondary N) is 3. The summed E-state index contributed by atoms with van der Waals surface area (Å²) in [4.78, 5) is 60.9. The van der Waals surface area contributed by atoms with Crippen LogP contribution in [0.1, 0.15) is 57.5 Å². The van der Waals surface area contributed by atoms with Gasteiger partial charge in [0.25, 0.3) is 11.8 Å². The van der Waals surface area contributed by atoms with E-state index in [2.05, 4.69) is 36.9 Å². The van der Waals surface area contributed by atoms with Crippen LogP contribution < -0.4 is 26.3 Å². The zero-order chi connectivity index (χ0) is 38.5. The third-order valence-corrected chi connectivity index (χ3v) is 11.3. The van der Waals surface area contributed by atoms with Crippen LogP contribution in [0, 0.1) is 13.8 Å². The summed E-state index contributed by atoms with van der Waals surface area (Å²) >= 11 is 5.02. The van der Waals surface area contributed by atoms with E-state index < -0.39 is 0 Å². The topological polar surface area (TPSA) is 137 Å². The van der Waals surface area contributed by atoms with E-state index in [9.17, 15) is 19.2 Å². The van der Waals surface area contributed by atoms with Crippen LogP contribution in [0.25, 0.3) is 21.1 Å². The second-order valence-corrected chi connectivity index (χ2v) is 15.4. The molecule has 11 nitrogen and oxygen atoms in total. The number of para-hydroxylation sites is 1. The molecule has 1 aliphatic rings. The highest BCUT2D eigenvalue weighted by Crippen LogP contribution is 2.31. The number of fused-ring (bicyclic) bond motifs is 2. The van der Waals surface area contributed by atoms with Gasteiger partial charge in [-0.1, -0.05) is 42.8 Å². The van der Waals surface area contributed by atoms with E-state index >= 15 is 0 Å². The molecule has 13 heteroatoms. The minimum atomic E-state index is -0.301. The molecule has 3 aromatic carbocycles. The van der Waals surface area contributed by atoms with E-state index in [1.807, 2.05) is 89.7 Å². The molecule has 55 heavy (non-hydrogen) atoms. The molecule has 1 saturated heterocycles. The molecule has 0 radical (unpaired) electrons. The number of halogens is 1. The van der Waals surface area contributed by atoms with E-state index in [0.29, 0.717) is 91.5 Å². The lowest BCUT2D eigenvalue weighted by Crippen LogP contribution is -2.48. The Morgan fingerprint density at radius 1 is 0.873 bits per heavy atom. The van der Waals surface area contributed by atoms with Crippen LogP contribution in [0.15, 0.2) is 98.1 Å². The van der Waals surface area contributed by atoms with Gasteiger partial charge in [0.15, 0.2) is 22.7 Å². The van der Waals surface area contributed by atoms with Crippen molar-refractivity contribution < 1.29 is 18.8 Å². The molecule has 282 valence electrons. The molecule has 0 atom stereocenters. The van der Waals surface area contributed by atoms with Gasteiger partial charge in [0, 0.05) is 72.6 Å². The third kappa shape index (κ3) is 8.73. The Kier molecular flexibility index (Phi) is 11.6. The summed E-state index contributed by atoms with van der Waals surface area (Å²) in [5.74, 6) is 0.438. The molecule has 3 amide bonds. The standard InChI is InChI=1S/C42H41BrN6O5S/c1-26-20-30-35(50)23-38(54-39(30)32(43)21-26)49-18-16-48(17-19-49)37(51)14-4-3-9-15-44-41(52)28-22-34(40(45-24-28)46-33-12-7-5-10-27(33)2)47-42(53)31-25-55-36-13-8-6-11-29(31)36/h5-8,10-13,20-25H,3-4,9,14-19H2,1-2H3,(H,44,52)(H,45,46)(H,47,53). The van der Waals surface area contributed by atoms with Gasteiger partial charge in [0.1, 0.15) is 0 Å².